The van der Waals surface area contributed by atoms with E-state index in [0.717, 1.165) is 25.7 Å². The van der Waals surface area contributed by atoms with Crippen molar-refractivity contribution in [3.8, 4) is 0 Å². The average Bonchev–Trinajstić information content (AvgIpc) is 2.43. The molecule has 0 aliphatic heterocycles. The van der Waals surface area contributed by atoms with Crippen molar-refractivity contribution < 1.29 is 19.8 Å². The molecule has 2 amide bonds. The van der Waals surface area contributed by atoms with E-state index in [1.807, 2.05) is 6.26 Å². The third-order valence-electron chi connectivity index (χ3n) is 3.80. The maximum absolute atomic E-state index is 11.8. The van der Waals surface area contributed by atoms with Gasteiger partial charge in [0, 0.05) is 11.3 Å². The third kappa shape index (κ3) is 4.86. The molecule has 1 rings (SSSR count). The van der Waals surface area contributed by atoms with Crippen molar-refractivity contribution in [2.24, 2.45) is 0 Å². The molecule has 0 aromatic heterocycles. The summed E-state index contributed by atoms with van der Waals surface area (Å²) in [5.41, 5.74) is 0. The second-order valence-electron chi connectivity index (χ2n) is 5.33. The van der Waals surface area contributed by atoms with Crippen LogP contribution in [0, 0.1) is 0 Å². The molecule has 4 N–H and O–H groups in total. The van der Waals surface area contributed by atoms with Gasteiger partial charge < -0.3 is 20.8 Å². The molecule has 2 unspecified atom stereocenters. The number of carboxylic acid groups (broad SMARTS) is 1. The highest BCUT2D eigenvalue weighted by Gasteiger charge is 2.32. The van der Waals surface area contributed by atoms with E-state index >= 15 is 0 Å². The predicted octanol–water partition coefficient (Wildman–Crippen LogP) is 1.19. The Morgan fingerprint density at radius 1 is 1.30 bits per heavy atom. The quantitative estimate of drug-likeness (QED) is 0.591. The number of amides is 2. The zero-order valence-corrected chi connectivity index (χ0v) is 12.8. The van der Waals surface area contributed by atoms with Crippen molar-refractivity contribution in [2.75, 3.05) is 12.8 Å². The smallest absolute Gasteiger partial charge is 0.328 e. The van der Waals surface area contributed by atoms with Crippen molar-refractivity contribution in [3.05, 3.63) is 0 Å². The molecule has 1 saturated carbocycles. The van der Waals surface area contributed by atoms with Crippen LogP contribution in [0.3, 0.4) is 0 Å². The van der Waals surface area contributed by atoms with Crippen LogP contribution in [0.5, 0.6) is 0 Å². The SMILES string of the molecule is CSC1(CNC(=O)NC(C(=O)O)C(C)O)CCCCC1. The first kappa shape index (κ1) is 17.1. The molecule has 0 aromatic carbocycles. The summed E-state index contributed by atoms with van der Waals surface area (Å²) in [7, 11) is 0. The zero-order valence-electron chi connectivity index (χ0n) is 12.0. The molecule has 7 heteroatoms. The topological polar surface area (TPSA) is 98.7 Å². The summed E-state index contributed by atoms with van der Waals surface area (Å²) in [4.78, 5) is 22.7. The van der Waals surface area contributed by atoms with E-state index < -0.39 is 24.1 Å². The third-order valence-corrected chi connectivity index (χ3v) is 5.22. The summed E-state index contributed by atoms with van der Waals surface area (Å²) in [6.45, 7) is 1.86. The molecule has 0 radical (unpaired) electrons. The second kappa shape index (κ2) is 7.73. The Labute approximate surface area is 123 Å². The number of carbonyl (C=O) groups is 2. The number of rotatable bonds is 6. The van der Waals surface area contributed by atoms with Crippen LogP contribution < -0.4 is 10.6 Å². The van der Waals surface area contributed by atoms with Gasteiger partial charge in [-0.05, 0) is 26.0 Å². The Morgan fingerprint density at radius 3 is 2.35 bits per heavy atom. The fourth-order valence-corrected chi connectivity index (χ4v) is 3.38. The van der Waals surface area contributed by atoms with Crippen molar-refractivity contribution in [1.29, 1.82) is 0 Å². The Balaban J connectivity index is 2.47. The minimum absolute atomic E-state index is 0.0547. The van der Waals surface area contributed by atoms with Crippen LogP contribution in [0.2, 0.25) is 0 Å². The van der Waals surface area contributed by atoms with E-state index in [0.29, 0.717) is 6.54 Å². The number of aliphatic hydroxyl groups excluding tert-OH is 1. The molecule has 0 bridgehead atoms. The van der Waals surface area contributed by atoms with Crippen LogP contribution >= 0.6 is 11.8 Å². The number of carbonyl (C=O) groups excluding carboxylic acids is 1. The van der Waals surface area contributed by atoms with Gasteiger partial charge in [-0.15, -0.1) is 0 Å². The van der Waals surface area contributed by atoms with Gasteiger partial charge in [0.2, 0.25) is 0 Å². The molecule has 6 nitrogen and oxygen atoms in total. The van der Waals surface area contributed by atoms with E-state index in [2.05, 4.69) is 10.6 Å². The summed E-state index contributed by atoms with van der Waals surface area (Å²) >= 11 is 1.76. The van der Waals surface area contributed by atoms with Gasteiger partial charge in [0.25, 0.3) is 0 Å². The van der Waals surface area contributed by atoms with E-state index in [9.17, 15) is 14.7 Å². The van der Waals surface area contributed by atoms with Crippen molar-refractivity contribution >= 4 is 23.8 Å². The first-order chi connectivity index (χ1) is 9.40. The van der Waals surface area contributed by atoms with E-state index in [4.69, 9.17) is 5.11 Å². The van der Waals surface area contributed by atoms with E-state index in [-0.39, 0.29) is 4.75 Å². The van der Waals surface area contributed by atoms with Gasteiger partial charge >= 0.3 is 12.0 Å². The van der Waals surface area contributed by atoms with Gasteiger partial charge in [-0.25, -0.2) is 9.59 Å². The van der Waals surface area contributed by atoms with Crippen LogP contribution in [-0.2, 0) is 4.79 Å². The molecule has 116 valence electrons. The lowest BCUT2D eigenvalue weighted by molar-refractivity contribution is -0.141. The fraction of sp³-hybridized carbons (Fsp3) is 0.846. The Hall–Kier alpha value is -0.950. The maximum Gasteiger partial charge on any atom is 0.328 e. The summed E-state index contributed by atoms with van der Waals surface area (Å²) in [5, 5.41) is 23.2. The molecule has 0 heterocycles. The number of aliphatic hydroxyl groups is 1. The number of carboxylic acids is 1. The van der Waals surface area contributed by atoms with Crippen molar-refractivity contribution in [2.45, 2.75) is 55.9 Å². The normalized spacial score (nSPS) is 20.8. The first-order valence-corrected chi connectivity index (χ1v) is 8.13. The number of nitrogens with one attached hydrogen (secondary N) is 2. The minimum atomic E-state index is -1.29. The number of aliphatic carboxylic acids is 1. The van der Waals surface area contributed by atoms with E-state index in [1.54, 1.807) is 11.8 Å². The number of hydrogen-bond acceptors (Lipinski definition) is 4. The molecule has 1 aliphatic carbocycles. The van der Waals surface area contributed by atoms with Crippen LogP contribution in [0.4, 0.5) is 4.79 Å². The number of urea groups is 1. The standard InChI is InChI=1S/C13H24N2O4S/c1-9(16)10(11(17)18)15-12(19)14-8-13(20-2)6-4-3-5-7-13/h9-10,16H,3-8H2,1-2H3,(H,17,18)(H2,14,15,19). The van der Waals surface area contributed by atoms with Crippen molar-refractivity contribution in [3.63, 3.8) is 0 Å². The largest absolute Gasteiger partial charge is 0.480 e. The van der Waals surface area contributed by atoms with Crippen LogP contribution in [0.15, 0.2) is 0 Å². The average molecular weight is 304 g/mol. The predicted molar refractivity (Wildman–Crippen MR) is 79.0 cm³/mol. The molecule has 20 heavy (non-hydrogen) atoms. The lowest BCUT2D eigenvalue weighted by atomic mass is 9.88. The highest BCUT2D eigenvalue weighted by atomic mass is 32.2. The Kier molecular flexibility index (Phi) is 6.61. The summed E-state index contributed by atoms with van der Waals surface area (Å²) in [6, 6.07) is -1.83. The summed E-state index contributed by atoms with van der Waals surface area (Å²) in [5.74, 6) is -1.24. The molecule has 1 fully saturated rings. The molecule has 2 atom stereocenters. The van der Waals surface area contributed by atoms with Gasteiger partial charge in [-0.2, -0.15) is 11.8 Å². The minimum Gasteiger partial charge on any atom is -0.480 e. The maximum atomic E-state index is 11.8. The van der Waals surface area contributed by atoms with Crippen LogP contribution in [0.1, 0.15) is 39.0 Å². The number of hydrogen-bond donors (Lipinski definition) is 4. The Morgan fingerprint density at radius 2 is 1.90 bits per heavy atom. The van der Waals surface area contributed by atoms with Crippen LogP contribution in [-0.4, -0.2) is 51.9 Å². The van der Waals surface area contributed by atoms with Crippen molar-refractivity contribution in [1.82, 2.24) is 10.6 Å². The molecular formula is C13H24N2O4S. The molecule has 0 aromatic rings. The number of thioether (sulfide) groups is 1. The molecule has 0 spiro atoms. The molecular weight excluding hydrogens is 280 g/mol. The highest BCUT2D eigenvalue weighted by molar-refractivity contribution is 8.00. The lowest BCUT2D eigenvalue weighted by Gasteiger charge is -2.36. The van der Waals surface area contributed by atoms with Crippen LogP contribution in [0.25, 0.3) is 0 Å². The van der Waals surface area contributed by atoms with Gasteiger partial charge in [0.1, 0.15) is 0 Å². The molecule has 0 saturated heterocycles. The van der Waals surface area contributed by atoms with Gasteiger partial charge in [0.15, 0.2) is 6.04 Å². The monoisotopic (exact) mass is 304 g/mol. The summed E-state index contributed by atoms with van der Waals surface area (Å²) < 4.78 is 0.0547. The van der Waals surface area contributed by atoms with Gasteiger partial charge in [-0.3, -0.25) is 0 Å². The first-order valence-electron chi connectivity index (χ1n) is 6.90. The summed E-state index contributed by atoms with van der Waals surface area (Å²) in [6.07, 6.45) is 6.59. The zero-order chi connectivity index (χ0) is 15.2. The lowest BCUT2D eigenvalue weighted by Crippen LogP contribution is -2.53. The van der Waals surface area contributed by atoms with E-state index in [1.165, 1.54) is 13.3 Å². The fourth-order valence-electron chi connectivity index (χ4n) is 2.47. The van der Waals surface area contributed by atoms with Gasteiger partial charge in [0.05, 0.1) is 6.10 Å². The molecule has 1 aliphatic rings. The highest BCUT2D eigenvalue weighted by Crippen LogP contribution is 2.37. The Bertz CT molecular complexity index is 343. The van der Waals surface area contributed by atoms with Gasteiger partial charge in [-0.1, -0.05) is 19.3 Å². The second-order valence-corrected chi connectivity index (χ2v) is 6.61.